The van der Waals surface area contributed by atoms with Gasteiger partial charge in [-0.1, -0.05) is 32.0 Å². The summed E-state index contributed by atoms with van der Waals surface area (Å²) < 4.78 is 2.27. The predicted molar refractivity (Wildman–Crippen MR) is 97.2 cm³/mol. The SMILES string of the molecule is CC(C)c1ccccc1NC(=O)Cn1c(=O)c(C#N)c2n(c1=O)CCC2. The van der Waals surface area contributed by atoms with Crippen LogP contribution in [0.2, 0.25) is 0 Å². The number of carbonyl (C=O) groups is 1. The van der Waals surface area contributed by atoms with Crippen LogP contribution >= 0.6 is 0 Å². The second-order valence-electron chi connectivity index (χ2n) is 6.65. The van der Waals surface area contributed by atoms with Gasteiger partial charge in [0.25, 0.3) is 5.56 Å². The van der Waals surface area contributed by atoms with Crippen LogP contribution in [-0.4, -0.2) is 15.0 Å². The van der Waals surface area contributed by atoms with Crippen molar-refractivity contribution in [2.75, 3.05) is 5.32 Å². The summed E-state index contributed by atoms with van der Waals surface area (Å²) in [6, 6.07) is 9.29. The van der Waals surface area contributed by atoms with E-state index in [1.807, 2.05) is 38.1 Å². The summed E-state index contributed by atoms with van der Waals surface area (Å²) in [5.74, 6) is -0.259. The molecule has 0 bridgehead atoms. The molecule has 0 aliphatic carbocycles. The molecule has 0 atom stereocenters. The first-order valence-electron chi connectivity index (χ1n) is 8.59. The van der Waals surface area contributed by atoms with E-state index in [1.165, 1.54) is 4.57 Å². The lowest BCUT2D eigenvalue weighted by Gasteiger charge is -2.14. The Labute approximate surface area is 150 Å². The highest BCUT2D eigenvalue weighted by Gasteiger charge is 2.23. The smallest absolute Gasteiger partial charge is 0.324 e. The summed E-state index contributed by atoms with van der Waals surface area (Å²) in [5, 5.41) is 12.1. The molecule has 1 aromatic heterocycles. The monoisotopic (exact) mass is 352 g/mol. The molecule has 0 radical (unpaired) electrons. The van der Waals surface area contributed by atoms with Crippen LogP contribution in [0.5, 0.6) is 0 Å². The van der Waals surface area contributed by atoms with Crippen LogP contribution in [0.4, 0.5) is 5.69 Å². The lowest BCUT2D eigenvalue weighted by atomic mass is 10.0. The minimum absolute atomic E-state index is 0.0440. The van der Waals surface area contributed by atoms with Gasteiger partial charge in [0.15, 0.2) is 0 Å². The van der Waals surface area contributed by atoms with E-state index in [2.05, 4.69) is 5.32 Å². The van der Waals surface area contributed by atoms with E-state index in [4.69, 9.17) is 0 Å². The number of aromatic nitrogens is 2. The zero-order valence-corrected chi connectivity index (χ0v) is 14.8. The zero-order valence-electron chi connectivity index (χ0n) is 14.8. The molecule has 1 aromatic carbocycles. The van der Waals surface area contributed by atoms with Crippen molar-refractivity contribution in [3.05, 3.63) is 61.9 Å². The Kier molecular flexibility index (Phi) is 4.76. The van der Waals surface area contributed by atoms with Crippen molar-refractivity contribution < 1.29 is 4.79 Å². The van der Waals surface area contributed by atoms with Crippen LogP contribution in [0, 0.1) is 11.3 Å². The number of anilines is 1. The summed E-state index contributed by atoms with van der Waals surface area (Å²) in [4.78, 5) is 37.5. The van der Waals surface area contributed by atoms with Gasteiger partial charge in [-0.2, -0.15) is 5.26 Å². The Morgan fingerprint density at radius 3 is 2.73 bits per heavy atom. The van der Waals surface area contributed by atoms with Crippen LogP contribution < -0.4 is 16.6 Å². The molecule has 1 aliphatic heterocycles. The van der Waals surface area contributed by atoms with E-state index in [9.17, 15) is 19.6 Å². The standard InChI is InChI=1S/C19H20N4O3/c1-12(2)13-6-3-4-7-15(13)21-17(24)11-23-18(25)14(10-20)16-8-5-9-22(16)19(23)26/h3-4,6-7,12H,5,8-9,11H2,1-2H3,(H,21,24). The Morgan fingerprint density at radius 2 is 2.04 bits per heavy atom. The maximum Gasteiger partial charge on any atom is 0.331 e. The van der Waals surface area contributed by atoms with Crippen LogP contribution in [0.3, 0.4) is 0 Å². The van der Waals surface area contributed by atoms with E-state index in [-0.39, 0.29) is 11.5 Å². The van der Waals surface area contributed by atoms with Crippen molar-refractivity contribution in [2.24, 2.45) is 0 Å². The summed E-state index contributed by atoms with van der Waals surface area (Å²) in [6.45, 7) is 4.07. The normalized spacial score (nSPS) is 12.7. The van der Waals surface area contributed by atoms with Gasteiger partial charge in [-0.25, -0.2) is 9.36 Å². The first-order valence-corrected chi connectivity index (χ1v) is 8.59. The third-order valence-electron chi connectivity index (χ3n) is 4.60. The second kappa shape index (κ2) is 7.00. The number of amides is 1. The largest absolute Gasteiger partial charge is 0.331 e. The first kappa shape index (κ1) is 17.7. The third-order valence-corrected chi connectivity index (χ3v) is 4.60. The van der Waals surface area contributed by atoms with E-state index in [0.717, 1.165) is 10.1 Å². The van der Waals surface area contributed by atoms with Gasteiger partial charge in [0, 0.05) is 17.9 Å². The van der Waals surface area contributed by atoms with Gasteiger partial charge in [0.2, 0.25) is 5.91 Å². The highest BCUT2D eigenvalue weighted by Crippen LogP contribution is 2.23. The molecule has 134 valence electrons. The topological polar surface area (TPSA) is 96.9 Å². The lowest BCUT2D eigenvalue weighted by molar-refractivity contribution is -0.116. The van der Waals surface area contributed by atoms with E-state index in [0.29, 0.717) is 30.8 Å². The Morgan fingerprint density at radius 1 is 1.31 bits per heavy atom. The number of hydrogen-bond acceptors (Lipinski definition) is 4. The van der Waals surface area contributed by atoms with Crippen molar-refractivity contribution in [3.63, 3.8) is 0 Å². The molecule has 2 aromatic rings. The Bertz CT molecular complexity index is 1020. The fraction of sp³-hybridized carbons (Fsp3) is 0.368. The molecule has 0 saturated heterocycles. The van der Waals surface area contributed by atoms with Crippen LogP contribution in [0.25, 0.3) is 0 Å². The second-order valence-corrected chi connectivity index (χ2v) is 6.65. The number of nitriles is 1. The Hall–Kier alpha value is -3.14. The molecule has 0 unspecified atom stereocenters. The molecular formula is C19H20N4O3. The minimum atomic E-state index is -0.696. The summed E-state index contributed by atoms with van der Waals surface area (Å²) in [6.07, 6.45) is 1.24. The number of nitrogens with zero attached hydrogens (tertiary/aromatic N) is 3. The molecule has 1 amide bonds. The quantitative estimate of drug-likeness (QED) is 0.903. The highest BCUT2D eigenvalue weighted by molar-refractivity contribution is 5.91. The van der Waals surface area contributed by atoms with Gasteiger partial charge >= 0.3 is 5.69 Å². The van der Waals surface area contributed by atoms with Gasteiger partial charge in [-0.3, -0.25) is 14.2 Å². The van der Waals surface area contributed by atoms with Crippen LogP contribution in [-0.2, 0) is 24.3 Å². The molecule has 0 fully saturated rings. The third kappa shape index (κ3) is 3.06. The number of carbonyl (C=O) groups excluding carboxylic acids is 1. The molecule has 0 spiro atoms. The highest BCUT2D eigenvalue weighted by atomic mass is 16.2. The summed E-state index contributed by atoms with van der Waals surface area (Å²) in [7, 11) is 0. The molecule has 7 nitrogen and oxygen atoms in total. The molecular weight excluding hydrogens is 332 g/mol. The molecule has 1 N–H and O–H groups in total. The Balaban J connectivity index is 1.94. The number of para-hydroxylation sites is 1. The molecule has 7 heteroatoms. The van der Waals surface area contributed by atoms with Gasteiger partial charge in [0.05, 0.1) is 0 Å². The average Bonchev–Trinajstić information content (AvgIpc) is 3.09. The van der Waals surface area contributed by atoms with Gasteiger partial charge in [0.1, 0.15) is 18.2 Å². The van der Waals surface area contributed by atoms with Crippen molar-refractivity contribution in [1.82, 2.24) is 9.13 Å². The lowest BCUT2D eigenvalue weighted by Crippen LogP contribution is -2.44. The number of fused-ring (bicyclic) bond motifs is 1. The molecule has 0 saturated carbocycles. The van der Waals surface area contributed by atoms with Crippen LogP contribution in [0.1, 0.15) is 43.0 Å². The summed E-state index contributed by atoms with van der Waals surface area (Å²) >= 11 is 0. The average molecular weight is 352 g/mol. The number of hydrogen-bond donors (Lipinski definition) is 1. The van der Waals surface area contributed by atoms with Crippen molar-refractivity contribution in [3.8, 4) is 6.07 Å². The van der Waals surface area contributed by atoms with E-state index >= 15 is 0 Å². The number of rotatable bonds is 4. The molecule has 26 heavy (non-hydrogen) atoms. The van der Waals surface area contributed by atoms with Crippen molar-refractivity contribution in [2.45, 2.75) is 45.7 Å². The van der Waals surface area contributed by atoms with Gasteiger partial charge < -0.3 is 5.32 Å². The minimum Gasteiger partial charge on any atom is -0.324 e. The number of nitrogens with one attached hydrogen (secondary N) is 1. The fourth-order valence-electron chi connectivity index (χ4n) is 3.34. The number of benzene rings is 1. The van der Waals surface area contributed by atoms with Crippen molar-refractivity contribution >= 4 is 11.6 Å². The van der Waals surface area contributed by atoms with Crippen LogP contribution in [0.15, 0.2) is 33.9 Å². The van der Waals surface area contributed by atoms with E-state index < -0.39 is 23.7 Å². The predicted octanol–water partition coefficient (Wildman–Crippen LogP) is 1.59. The first-order chi connectivity index (χ1) is 12.4. The molecule has 3 rings (SSSR count). The zero-order chi connectivity index (χ0) is 18.8. The maximum absolute atomic E-state index is 12.5. The van der Waals surface area contributed by atoms with Gasteiger partial charge in [-0.15, -0.1) is 0 Å². The summed E-state index contributed by atoms with van der Waals surface area (Å²) in [5.41, 5.74) is 0.826. The molecule has 2 heterocycles. The van der Waals surface area contributed by atoms with E-state index in [1.54, 1.807) is 6.07 Å². The maximum atomic E-state index is 12.5. The van der Waals surface area contributed by atoms with Gasteiger partial charge in [-0.05, 0) is 30.4 Å². The molecule has 1 aliphatic rings. The fourth-order valence-corrected chi connectivity index (χ4v) is 3.34. The van der Waals surface area contributed by atoms with Crippen molar-refractivity contribution in [1.29, 1.82) is 5.26 Å².